The zero-order valence-corrected chi connectivity index (χ0v) is 13.0. The number of methoxy groups -OCH3 is 1. The first-order valence-electron chi connectivity index (χ1n) is 7.55. The predicted octanol–water partition coefficient (Wildman–Crippen LogP) is 3.54. The highest BCUT2D eigenvalue weighted by atomic mass is 16.5. The molecule has 22 heavy (non-hydrogen) atoms. The first-order valence-corrected chi connectivity index (χ1v) is 7.55. The van der Waals surface area contributed by atoms with Gasteiger partial charge in [0.05, 0.1) is 7.11 Å². The molecule has 1 aromatic heterocycles. The van der Waals surface area contributed by atoms with E-state index in [0.29, 0.717) is 6.42 Å². The Balaban J connectivity index is 2.14. The van der Waals surface area contributed by atoms with Gasteiger partial charge in [-0.05, 0) is 42.7 Å². The number of fused-ring (bicyclic) bond motifs is 1. The molecule has 0 fully saturated rings. The zero-order chi connectivity index (χ0) is 15.5. The van der Waals surface area contributed by atoms with Crippen molar-refractivity contribution < 1.29 is 9.84 Å². The number of rotatable bonds is 5. The highest BCUT2D eigenvalue weighted by Gasteiger charge is 2.14. The van der Waals surface area contributed by atoms with Crippen LogP contribution in [0.15, 0.2) is 48.5 Å². The number of hydrogen-bond acceptors (Lipinski definition) is 2. The second-order valence-corrected chi connectivity index (χ2v) is 5.49. The second-order valence-electron chi connectivity index (χ2n) is 5.49. The lowest BCUT2D eigenvalue weighted by atomic mass is 10.1. The number of aliphatic hydroxyl groups is 1. The van der Waals surface area contributed by atoms with Crippen LogP contribution in [0, 0.1) is 6.92 Å². The quantitative estimate of drug-likeness (QED) is 0.781. The lowest BCUT2D eigenvalue weighted by Gasteiger charge is -2.09. The smallest absolute Gasteiger partial charge is 0.119 e. The number of ether oxygens (including phenoxy) is 1. The van der Waals surface area contributed by atoms with Crippen molar-refractivity contribution in [3.8, 4) is 5.75 Å². The van der Waals surface area contributed by atoms with E-state index in [1.54, 1.807) is 7.11 Å². The summed E-state index contributed by atoms with van der Waals surface area (Å²) in [6, 6.07) is 16.6. The number of benzene rings is 2. The maximum absolute atomic E-state index is 9.39. The first-order chi connectivity index (χ1) is 10.7. The fourth-order valence-corrected chi connectivity index (χ4v) is 3.05. The van der Waals surface area contributed by atoms with E-state index in [-0.39, 0.29) is 6.61 Å². The van der Waals surface area contributed by atoms with Crippen molar-refractivity contribution in [1.82, 2.24) is 4.57 Å². The van der Waals surface area contributed by atoms with Crippen LogP contribution < -0.4 is 4.74 Å². The molecular formula is C19H21NO2. The van der Waals surface area contributed by atoms with E-state index in [1.807, 2.05) is 12.1 Å². The summed E-state index contributed by atoms with van der Waals surface area (Å²) in [7, 11) is 1.68. The summed E-state index contributed by atoms with van der Waals surface area (Å²) in [6.07, 6.45) is 0.664. The van der Waals surface area contributed by atoms with Gasteiger partial charge in [0.1, 0.15) is 5.75 Å². The second kappa shape index (κ2) is 6.24. The third-order valence-electron chi connectivity index (χ3n) is 4.21. The topological polar surface area (TPSA) is 34.4 Å². The van der Waals surface area contributed by atoms with Crippen LogP contribution in [0.2, 0.25) is 0 Å². The van der Waals surface area contributed by atoms with Crippen LogP contribution in [-0.4, -0.2) is 23.4 Å². The SMILES string of the molecule is COc1ccc2c(c1)c(CCO)c(C)n2Cc1ccccc1. The Kier molecular flexibility index (Phi) is 4.16. The predicted molar refractivity (Wildman–Crippen MR) is 89.6 cm³/mol. The lowest BCUT2D eigenvalue weighted by molar-refractivity contribution is 0.299. The molecule has 0 atom stereocenters. The Bertz CT molecular complexity index is 775. The van der Waals surface area contributed by atoms with Gasteiger partial charge in [0.15, 0.2) is 0 Å². The molecule has 0 bridgehead atoms. The molecule has 0 unspecified atom stereocenters. The largest absolute Gasteiger partial charge is 0.497 e. The van der Waals surface area contributed by atoms with Crippen molar-refractivity contribution in [2.45, 2.75) is 19.9 Å². The summed E-state index contributed by atoms with van der Waals surface area (Å²) < 4.78 is 7.67. The molecule has 3 rings (SSSR count). The van der Waals surface area contributed by atoms with Gasteiger partial charge in [0.25, 0.3) is 0 Å². The molecule has 114 valence electrons. The van der Waals surface area contributed by atoms with Crippen LogP contribution in [0.5, 0.6) is 5.75 Å². The third-order valence-corrected chi connectivity index (χ3v) is 4.21. The van der Waals surface area contributed by atoms with Crippen LogP contribution in [-0.2, 0) is 13.0 Å². The Labute approximate surface area is 130 Å². The molecule has 0 aliphatic rings. The number of aliphatic hydroxyl groups excluding tert-OH is 1. The molecule has 0 amide bonds. The van der Waals surface area contributed by atoms with Gasteiger partial charge in [-0.25, -0.2) is 0 Å². The highest BCUT2D eigenvalue weighted by molar-refractivity contribution is 5.87. The molecule has 2 aromatic carbocycles. The molecule has 0 radical (unpaired) electrons. The van der Waals surface area contributed by atoms with Crippen molar-refractivity contribution >= 4 is 10.9 Å². The van der Waals surface area contributed by atoms with E-state index >= 15 is 0 Å². The van der Waals surface area contributed by atoms with Crippen molar-refractivity contribution in [1.29, 1.82) is 0 Å². The third kappa shape index (κ3) is 2.60. The maximum Gasteiger partial charge on any atom is 0.119 e. The summed E-state index contributed by atoms with van der Waals surface area (Å²) >= 11 is 0. The lowest BCUT2D eigenvalue weighted by Crippen LogP contribution is -2.02. The van der Waals surface area contributed by atoms with E-state index in [9.17, 15) is 5.11 Å². The zero-order valence-electron chi connectivity index (χ0n) is 13.0. The van der Waals surface area contributed by atoms with Gasteiger partial charge in [-0.3, -0.25) is 0 Å². The summed E-state index contributed by atoms with van der Waals surface area (Å²) in [4.78, 5) is 0. The van der Waals surface area contributed by atoms with Crippen molar-refractivity contribution in [2.24, 2.45) is 0 Å². The fourth-order valence-electron chi connectivity index (χ4n) is 3.05. The molecule has 1 N–H and O–H groups in total. The van der Waals surface area contributed by atoms with Crippen LogP contribution >= 0.6 is 0 Å². The summed E-state index contributed by atoms with van der Waals surface area (Å²) in [5.74, 6) is 0.851. The highest BCUT2D eigenvalue weighted by Crippen LogP contribution is 2.30. The normalized spacial score (nSPS) is 11.0. The van der Waals surface area contributed by atoms with Gasteiger partial charge in [-0.15, -0.1) is 0 Å². The van der Waals surface area contributed by atoms with E-state index in [4.69, 9.17) is 4.74 Å². The molecule has 0 aliphatic heterocycles. The minimum absolute atomic E-state index is 0.155. The number of nitrogens with zero attached hydrogens (tertiary/aromatic N) is 1. The molecule has 1 heterocycles. The Morgan fingerprint density at radius 3 is 2.55 bits per heavy atom. The van der Waals surface area contributed by atoms with Crippen molar-refractivity contribution in [2.75, 3.05) is 13.7 Å². The van der Waals surface area contributed by atoms with Crippen LogP contribution in [0.1, 0.15) is 16.8 Å². The number of hydrogen-bond donors (Lipinski definition) is 1. The summed E-state index contributed by atoms with van der Waals surface area (Å²) in [5, 5.41) is 10.6. The molecule has 0 saturated carbocycles. The van der Waals surface area contributed by atoms with Crippen LogP contribution in [0.3, 0.4) is 0 Å². The molecule has 0 aliphatic carbocycles. The standard InChI is InChI=1S/C19H21NO2/c1-14-17(10-11-21)18-12-16(22-2)8-9-19(18)20(14)13-15-6-4-3-5-7-15/h3-9,12,21H,10-11,13H2,1-2H3. The molecule has 0 saturated heterocycles. The average molecular weight is 295 g/mol. The summed E-state index contributed by atoms with van der Waals surface area (Å²) in [5.41, 5.74) is 4.87. The molecule has 3 nitrogen and oxygen atoms in total. The minimum atomic E-state index is 0.155. The van der Waals surface area contributed by atoms with Gasteiger partial charge in [-0.2, -0.15) is 0 Å². The Morgan fingerprint density at radius 2 is 1.86 bits per heavy atom. The van der Waals surface area contributed by atoms with Gasteiger partial charge in [0, 0.05) is 29.7 Å². The molecule has 0 spiro atoms. The van der Waals surface area contributed by atoms with E-state index in [1.165, 1.54) is 27.7 Å². The fraction of sp³-hybridized carbons (Fsp3) is 0.263. The number of aromatic nitrogens is 1. The monoisotopic (exact) mass is 295 g/mol. The van der Waals surface area contributed by atoms with E-state index < -0.39 is 0 Å². The van der Waals surface area contributed by atoms with Crippen molar-refractivity contribution in [3.05, 3.63) is 65.4 Å². The Morgan fingerprint density at radius 1 is 1.09 bits per heavy atom. The van der Waals surface area contributed by atoms with E-state index in [0.717, 1.165) is 12.3 Å². The van der Waals surface area contributed by atoms with Gasteiger partial charge in [0.2, 0.25) is 0 Å². The minimum Gasteiger partial charge on any atom is -0.497 e. The summed E-state index contributed by atoms with van der Waals surface area (Å²) in [6.45, 7) is 3.11. The van der Waals surface area contributed by atoms with Crippen molar-refractivity contribution in [3.63, 3.8) is 0 Å². The molecule has 3 heteroatoms. The van der Waals surface area contributed by atoms with Crippen LogP contribution in [0.25, 0.3) is 10.9 Å². The average Bonchev–Trinajstić information content (AvgIpc) is 2.81. The van der Waals surface area contributed by atoms with E-state index in [2.05, 4.69) is 47.9 Å². The molecular weight excluding hydrogens is 274 g/mol. The first kappa shape index (κ1) is 14.7. The van der Waals surface area contributed by atoms with Gasteiger partial charge in [-0.1, -0.05) is 30.3 Å². The van der Waals surface area contributed by atoms with Gasteiger partial charge >= 0.3 is 0 Å². The molecule has 3 aromatic rings. The van der Waals surface area contributed by atoms with Gasteiger partial charge < -0.3 is 14.4 Å². The van der Waals surface area contributed by atoms with Crippen LogP contribution in [0.4, 0.5) is 0 Å². The maximum atomic E-state index is 9.39. The Hall–Kier alpha value is -2.26.